The van der Waals surface area contributed by atoms with E-state index < -0.39 is 51.5 Å². The van der Waals surface area contributed by atoms with Crippen molar-refractivity contribution in [2.24, 2.45) is 5.92 Å². The molecule has 1 aromatic carbocycles. The van der Waals surface area contributed by atoms with Gasteiger partial charge in [-0.1, -0.05) is 18.2 Å². The molecule has 1 fully saturated rings. The van der Waals surface area contributed by atoms with Crippen molar-refractivity contribution in [3.63, 3.8) is 0 Å². The Morgan fingerprint density at radius 1 is 1.00 bits per heavy atom. The van der Waals surface area contributed by atoms with Gasteiger partial charge in [0.1, 0.15) is 29.0 Å². The van der Waals surface area contributed by atoms with Crippen molar-refractivity contribution in [1.29, 1.82) is 0 Å². The number of aliphatic hydroxyl groups excluding tert-OH is 2. The van der Waals surface area contributed by atoms with E-state index in [4.69, 9.17) is 4.98 Å². The number of alkyl halides is 3. The third kappa shape index (κ3) is 5.90. The van der Waals surface area contributed by atoms with Crippen molar-refractivity contribution in [3.05, 3.63) is 54.0 Å². The van der Waals surface area contributed by atoms with Crippen LogP contribution in [-0.4, -0.2) is 74.3 Å². The number of hydrogen-bond donors (Lipinski definition) is 4. The van der Waals surface area contributed by atoms with E-state index in [0.29, 0.717) is 27.5 Å². The number of pyridine rings is 1. The van der Waals surface area contributed by atoms with Gasteiger partial charge in [-0.05, 0) is 52.3 Å². The van der Waals surface area contributed by atoms with E-state index in [1.165, 1.54) is 37.3 Å². The molecule has 1 unspecified atom stereocenters. The van der Waals surface area contributed by atoms with E-state index in [2.05, 4.69) is 25.6 Å². The van der Waals surface area contributed by atoms with Crippen LogP contribution in [0.2, 0.25) is 0 Å². The van der Waals surface area contributed by atoms with Gasteiger partial charge >= 0.3 is 6.18 Å². The Morgan fingerprint density at radius 2 is 1.70 bits per heavy atom. The summed E-state index contributed by atoms with van der Waals surface area (Å²) in [6.07, 6.45) is -5.68. The number of aliphatic hydroxyl groups is 2. The third-order valence-corrected chi connectivity index (χ3v) is 11.5. The molecule has 0 amide bonds. The first kappa shape index (κ1) is 31.0. The Balaban J connectivity index is 1.53. The van der Waals surface area contributed by atoms with Crippen LogP contribution >= 0.6 is 11.3 Å². The minimum Gasteiger partial charge on any atom is -0.390 e. The molecule has 5 rings (SSSR count). The number of halogens is 3. The van der Waals surface area contributed by atoms with Crippen molar-refractivity contribution in [1.82, 2.24) is 19.9 Å². The molecule has 3 heterocycles. The zero-order valence-electron chi connectivity index (χ0n) is 23.7. The molecule has 4 N–H and O–H groups in total. The van der Waals surface area contributed by atoms with Gasteiger partial charge in [0, 0.05) is 12.1 Å². The summed E-state index contributed by atoms with van der Waals surface area (Å²) < 4.78 is 65.5. The summed E-state index contributed by atoms with van der Waals surface area (Å²) in [7, 11) is -3.93. The summed E-state index contributed by atoms with van der Waals surface area (Å²) in [5.74, 6) is -1.10. The lowest BCUT2D eigenvalue weighted by atomic mass is 9.91. The molecular formula is C28H31F3N6O4S2. The molecule has 0 saturated heterocycles. The standard InChI is InChI=1S/C28H31F3N6O4S2/c1-14-20(25-36-21-15(2)32-11-10-19(21)42-25)24(37-26(34-14)33-13-28(29,30)31)35-18-12-17(22(38)23(18)39)27(3,4)43(40,41)16-8-6-5-7-9-16/h5-11,17-18,22-23,38-39H,12-13H2,1-4H3,(H2,33,34,35,37)/t17-,18?,22+,23-/m0/s1. The quantitative estimate of drug-likeness (QED) is 0.218. The third-order valence-electron chi connectivity index (χ3n) is 7.88. The summed E-state index contributed by atoms with van der Waals surface area (Å²) in [5, 5.41) is 28.0. The number of fused-ring (bicyclic) bond motifs is 1. The highest BCUT2D eigenvalue weighted by Gasteiger charge is 2.54. The number of sulfone groups is 1. The highest BCUT2D eigenvalue weighted by Crippen LogP contribution is 2.44. The summed E-state index contributed by atoms with van der Waals surface area (Å²) in [4.78, 5) is 17.6. The van der Waals surface area contributed by atoms with Crippen molar-refractivity contribution in [2.45, 2.75) is 68.2 Å². The number of anilines is 2. The van der Waals surface area contributed by atoms with E-state index in [9.17, 15) is 31.8 Å². The molecule has 230 valence electrons. The van der Waals surface area contributed by atoms with Crippen LogP contribution in [0, 0.1) is 19.8 Å². The summed E-state index contributed by atoms with van der Waals surface area (Å²) in [6, 6.07) is 8.76. The number of nitrogens with one attached hydrogen (secondary N) is 2. The average Bonchev–Trinajstić information content (AvgIpc) is 3.49. The lowest BCUT2D eigenvalue weighted by molar-refractivity contribution is -0.115. The Morgan fingerprint density at radius 3 is 2.35 bits per heavy atom. The SMILES string of the molecule is Cc1nc(NCC(F)(F)F)nc(NC2C[C@H](C(C)(C)S(=O)(=O)c3ccccc3)[C@@H](O)[C@H]2O)c1-c1nc2c(C)nccc2s1. The van der Waals surface area contributed by atoms with Crippen molar-refractivity contribution in [3.8, 4) is 10.6 Å². The molecule has 0 spiro atoms. The van der Waals surface area contributed by atoms with Gasteiger partial charge in [0.2, 0.25) is 5.95 Å². The minimum atomic E-state index is -4.52. The first-order chi connectivity index (χ1) is 20.1. The maximum atomic E-state index is 13.6. The fourth-order valence-corrected chi connectivity index (χ4v) is 8.29. The molecule has 0 aliphatic heterocycles. The van der Waals surface area contributed by atoms with Gasteiger partial charge in [-0.2, -0.15) is 18.2 Å². The summed E-state index contributed by atoms with van der Waals surface area (Å²) in [6.45, 7) is 5.07. The van der Waals surface area contributed by atoms with Crippen molar-refractivity contribution < 1.29 is 31.8 Å². The average molecular weight is 637 g/mol. The Hall–Kier alpha value is -3.40. The Bertz CT molecular complexity index is 1750. The number of nitrogens with zero attached hydrogens (tertiary/aromatic N) is 4. The molecule has 3 aromatic heterocycles. The Labute approximate surface area is 250 Å². The van der Waals surface area contributed by atoms with E-state index in [0.717, 1.165) is 4.70 Å². The van der Waals surface area contributed by atoms with E-state index in [1.54, 1.807) is 44.3 Å². The van der Waals surface area contributed by atoms with Gasteiger partial charge in [-0.25, -0.2) is 18.4 Å². The zero-order valence-corrected chi connectivity index (χ0v) is 25.3. The predicted octanol–water partition coefficient (Wildman–Crippen LogP) is 4.51. The predicted molar refractivity (Wildman–Crippen MR) is 158 cm³/mol. The van der Waals surface area contributed by atoms with Gasteiger partial charge in [0.25, 0.3) is 0 Å². The normalized spacial score (nSPS) is 21.3. The van der Waals surface area contributed by atoms with E-state index in [1.807, 2.05) is 0 Å². The van der Waals surface area contributed by atoms with Crippen LogP contribution < -0.4 is 10.6 Å². The molecule has 4 aromatic rings. The first-order valence-electron chi connectivity index (χ1n) is 13.4. The molecule has 4 atom stereocenters. The maximum Gasteiger partial charge on any atom is 0.405 e. The van der Waals surface area contributed by atoms with Crippen molar-refractivity contribution >= 4 is 43.2 Å². The van der Waals surface area contributed by atoms with Crippen LogP contribution in [-0.2, 0) is 9.84 Å². The second kappa shape index (κ2) is 11.3. The highest BCUT2D eigenvalue weighted by molar-refractivity contribution is 7.92. The lowest BCUT2D eigenvalue weighted by Crippen LogP contribution is -2.45. The minimum absolute atomic E-state index is 0.0259. The van der Waals surface area contributed by atoms with Crippen LogP contribution in [0.5, 0.6) is 0 Å². The number of rotatable bonds is 8. The summed E-state index contributed by atoms with van der Waals surface area (Å²) >= 11 is 1.32. The molecular weight excluding hydrogens is 605 g/mol. The first-order valence-corrected chi connectivity index (χ1v) is 15.7. The largest absolute Gasteiger partial charge is 0.405 e. The monoisotopic (exact) mass is 636 g/mol. The van der Waals surface area contributed by atoms with Crippen LogP contribution in [0.1, 0.15) is 31.7 Å². The molecule has 10 nitrogen and oxygen atoms in total. The number of thiazole rings is 1. The maximum absolute atomic E-state index is 13.6. The number of benzene rings is 1. The van der Waals surface area contributed by atoms with Crippen LogP contribution in [0.3, 0.4) is 0 Å². The van der Waals surface area contributed by atoms with Gasteiger partial charge in [-0.15, -0.1) is 11.3 Å². The van der Waals surface area contributed by atoms with Crippen LogP contribution in [0.4, 0.5) is 24.9 Å². The fourth-order valence-electron chi connectivity index (χ4n) is 5.43. The second-order valence-corrected chi connectivity index (χ2v) is 14.6. The molecule has 1 aliphatic rings. The number of hydrogen-bond acceptors (Lipinski definition) is 11. The molecule has 43 heavy (non-hydrogen) atoms. The number of aryl methyl sites for hydroxylation is 2. The van der Waals surface area contributed by atoms with Crippen molar-refractivity contribution in [2.75, 3.05) is 17.2 Å². The molecule has 15 heteroatoms. The molecule has 0 bridgehead atoms. The van der Waals surface area contributed by atoms with Crippen LogP contribution in [0.15, 0.2) is 47.5 Å². The fraction of sp³-hybridized carbons (Fsp3) is 0.429. The lowest BCUT2D eigenvalue weighted by Gasteiger charge is -2.33. The van der Waals surface area contributed by atoms with E-state index in [-0.39, 0.29) is 23.1 Å². The Kier molecular flexibility index (Phi) is 8.13. The smallest absolute Gasteiger partial charge is 0.390 e. The zero-order chi connectivity index (χ0) is 31.3. The number of aromatic nitrogens is 4. The summed E-state index contributed by atoms with van der Waals surface area (Å²) in [5.41, 5.74) is 2.06. The van der Waals surface area contributed by atoms with Gasteiger partial charge < -0.3 is 20.8 Å². The molecule has 0 radical (unpaired) electrons. The molecule has 1 saturated carbocycles. The van der Waals surface area contributed by atoms with Crippen LogP contribution in [0.25, 0.3) is 20.8 Å². The topological polar surface area (TPSA) is 150 Å². The second-order valence-electron chi connectivity index (χ2n) is 11.1. The van der Waals surface area contributed by atoms with Gasteiger partial charge in [0.15, 0.2) is 9.84 Å². The molecule has 1 aliphatic carbocycles. The van der Waals surface area contributed by atoms with Gasteiger partial charge in [0.05, 0.1) is 43.4 Å². The van der Waals surface area contributed by atoms with E-state index >= 15 is 0 Å². The van der Waals surface area contributed by atoms with Gasteiger partial charge in [-0.3, -0.25) is 4.98 Å². The highest BCUT2D eigenvalue weighted by atomic mass is 32.2.